The zero-order valence-electron chi connectivity index (χ0n) is 9.75. The number of carbonyl (C=O) groups is 1. The molecular weight excluding hydrogens is 188 g/mol. The van der Waals surface area contributed by atoms with Crippen molar-refractivity contribution in [2.24, 2.45) is 23.0 Å². The van der Waals surface area contributed by atoms with E-state index in [1.807, 2.05) is 0 Å². The predicted molar refractivity (Wildman–Crippen MR) is 60.2 cm³/mol. The number of rotatable bonds is 3. The van der Waals surface area contributed by atoms with Crippen molar-refractivity contribution >= 4 is 5.91 Å². The highest BCUT2D eigenvalue weighted by atomic mass is 16.1. The predicted octanol–water partition coefficient (Wildman–Crippen LogP) is 1.28. The number of nitrogens with one attached hydrogen (secondary N) is 1. The van der Waals surface area contributed by atoms with Gasteiger partial charge in [-0.15, -0.1) is 0 Å². The van der Waals surface area contributed by atoms with Crippen molar-refractivity contribution in [1.82, 2.24) is 5.32 Å². The number of nitrogens with two attached hydrogens (primary N) is 1. The van der Waals surface area contributed by atoms with Crippen LogP contribution in [0.1, 0.15) is 39.5 Å². The Hall–Kier alpha value is -0.570. The zero-order valence-corrected chi connectivity index (χ0v) is 9.75. The average molecular weight is 210 g/mol. The molecule has 3 unspecified atom stereocenters. The van der Waals surface area contributed by atoms with Crippen molar-refractivity contribution in [3.63, 3.8) is 0 Å². The smallest absolute Gasteiger partial charge is 0.223 e. The molecule has 3 heteroatoms. The Balaban J connectivity index is 1.69. The van der Waals surface area contributed by atoms with Crippen molar-refractivity contribution in [3.05, 3.63) is 0 Å². The summed E-state index contributed by atoms with van der Waals surface area (Å²) >= 11 is 0. The van der Waals surface area contributed by atoms with Crippen LogP contribution < -0.4 is 11.1 Å². The summed E-state index contributed by atoms with van der Waals surface area (Å²) < 4.78 is 0. The van der Waals surface area contributed by atoms with Crippen LogP contribution in [0.15, 0.2) is 0 Å². The van der Waals surface area contributed by atoms with E-state index in [1.165, 1.54) is 6.42 Å². The first-order chi connectivity index (χ1) is 6.99. The van der Waals surface area contributed by atoms with Crippen molar-refractivity contribution in [2.45, 2.75) is 45.6 Å². The van der Waals surface area contributed by atoms with Crippen LogP contribution in [0.25, 0.3) is 0 Å². The highest BCUT2D eigenvalue weighted by Crippen LogP contribution is 2.51. The summed E-state index contributed by atoms with van der Waals surface area (Å²) in [7, 11) is 0. The highest BCUT2D eigenvalue weighted by molar-refractivity contribution is 5.79. The molecule has 0 spiro atoms. The first-order valence-corrected chi connectivity index (χ1v) is 6.02. The Morgan fingerprint density at radius 3 is 2.60 bits per heavy atom. The number of carbonyl (C=O) groups excluding carboxylic acids is 1. The molecule has 0 aromatic carbocycles. The molecule has 0 aliphatic heterocycles. The van der Waals surface area contributed by atoms with Crippen LogP contribution in [0.2, 0.25) is 0 Å². The molecule has 1 amide bonds. The first kappa shape index (κ1) is 10.9. The monoisotopic (exact) mass is 210 g/mol. The van der Waals surface area contributed by atoms with E-state index in [2.05, 4.69) is 19.2 Å². The van der Waals surface area contributed by atoms with Gasteiger partial charge in [0.2, 0.25) is 5.91 Å². The SMILES string of the molecule is CC1(C)CC1CNC(=O)C1CCC(N)C1. The van der Waals surface area contributed by atoms with Gasteiger partial charge in [-0.3, -0.25) is 4.79 Å². The lowest BCUT2D eigenvalue weighted by Crippen LogP contribution is -2.32. The molecule has 3 nitrogen and oxygen atoms in total. The number of amides is 1. The van der Waals surface area contributed by atoms with Gasteiger partial charge in [-0.05, 0) is 37.0 Å². The van der Waals surface area contributed by atoms with Crippen LogP contribution in [0.4, 0.5) is 0 Å². The van der Waals surface area contributed by atoms with E-state index in [0.29, 0.717) is 11.3 Å². The third-order valence-corrected chi connectivity index (χ3v) is 4.08. The maximum Gasteiger partial charge on any atom is 0.223 e. The Bertz CT molecular complexity index is 262. The molecule has 0 aromatic heterocycles. The van der Waals surface area contributed by atoms with Gasteiger partial charge in [0.15, 0.2) is 0 Å². The van der Waals surface area contributed by atoms with E-state index in [-0.39, 0.29) is 17.9 Å². The van der Waals surface area contributed by atoms with E-state index in [0.717, 1.165) is 25.8 Å². The maximum atomic E-state index is 11.8. The van der Waals surface area contributed by atoms with Gasteiger partial charge < -0.3 is 11.1 Å². The topological polar surface area (TPSA) is 55.1 Å². The van der Waals surface area contributed by atoms with Crippen LogP contribution >= 0.6 is 0 Å². The largest absolute Gasteiger partial charge is 0.356 e. The molecule has 2 aliphatic rings. The fourth-order valence-corrected chi connectivity index (χ4v) is 2.55. The lowest BCUT2D eigenvalue weighted by molar-refractivity contribution is -0.124. The molecule has 0 radical (unpaired) electrons. The second kappa shape index (κ2) is 3.78. The molecule has 0 aromatic rings. The molecule has 0 saturated heterocycles. The first-order valence-electron chi connectivity index (χ1n) is 6.02. The van der Waals surface area contributed by atoms with Gasteiger partial charge in [-0.1, -0.05) is 13.8 Å². The molecular formula is C12H22N2O. The Kier molecular flexibility index (Phi) is 2.75. The van der Waals surface area contributed by atoms with Gasteiger partial charge in [0.1, 0.15) is 0 Å². The van der Waals surface area contributed by atoms with Gasteiger partial charge in [0, 0.05) is 18.5 Å². The van der Waals surface area contributed by atoms with Gasteiger partial charge >= 0.3 is 0 Å². The molecule has 2 rings (SSSR count). The summed E-state index contributed by atoms with van der Waals surface area (Å²) in [4.78, 5) is 11.8. The van der Waals surface area contributed by atoms with E-state index in [1.54, 1.807) is 0 Å². The van der Waals surface area contributed by atoms with Crippen molar-refractivity contribution in [1.29, 1.82) is 0 Å². The lowest BCUT2D eigenvalue weighted by atomic mass is 10.1. The fraction of sp³-hybridized carbons (Fsp3) is 0.917. The minimum Gasteiger partial charge on any atom is -0.356 e. The minimum atomic E-state index is 0.182. The van der Waals surface area contributed by atoms with Gasteiger partial charge in [-0.2, -0.15) is 0 Å². The number of hydrogen-bond acceptors (Lipinski definition) is 2. The standard InChI is InChI=1S/C12H22N2O/c1-12(2)6-9(12)7-14-11(15)8-3-4-10(13)5-8/h8-10H,3-7,13H2,1-2H3,(H,14,15). The third kappa shape index (κ3) is 2.51. The van der Waals surface area contributed by atoms with Gasteiger partial charge in [0.25, 0.3) is 0 Å². The second-order valence-electron chi connectivity index (χ2n) is 5.90. The quantitative estimate of drug-likeness (QED) is 0.737. The number of hydrogen-bond donors (Lipinski definition) is 2. The highest BCUT2D eigenvalue weighted by Gasteiger charge is 2.45. The van der Waals surface area contributed by atoms with Gasteiger partial charge in [-0.25, -0.2) is 0 Å². The molecule has 0 heterocycles. The van der Waals surface area contributed by atoms with E-state index >= 15 is 0 Å². The zero-order chi connectivity index (χ0) is 11.1. The summed E-state index contributed by atoms with van der Waals surface area (Å²) in [5.74, 6) is 1.10. The van der Waals surface area contributed by atoms with Crippen molar-refractivity contribution < 1.29 is 4.79 Å². The lowest BCUT2D eigenvalue weighted by Gasteiger charge is -2.11. The average Bonchev–Trinajstić information content (AvgIpc) is 2.59. The van der Waals surface area contributed by atoms with E-state index in [9.17, 15) is 4.79 Å². The van der Waals surface area contributed by atoms with Gasteiger partial charge in [0.05, 0.1) is 0 Å². The van der Waals surface area contributed by atoms with Crippen LogP contribution in [0.3, 0.4) is 0 Å². The van der Waals surface area contributed by atoms with Crippen molar-refractivity contribution in [3.8, 4) is 0 Å². The Morgan fingerprint density at radius 1 is 1.47 bits per heavy atom. The van der Waals surface area contributed by atoms with E-state index in [4.69, 9.17) is 5.73 Å². The molecule has 15 heavy (non-hydrogen) atoms. The van der Waals surface area contributed by atoms with Crippen molar-refractivity contribution in [2.75, 3.05) is 6.54 Å². The summed E-state index contributed by atoms with van der Waals surface area (Å²) in [5.41, 5.74) is 6.25. The Labute approximate surface area is 91.8 Å². The molecule has 2 saturated carbocycles. The normalized spacial score (nSPS) is 37.7. The second-order valence-corrected chi connectivity index (χ2v) is 5.90. The summed E-state index contributed by atoms with van der Waals surface area (Å²) in [6.45, 7) is 5.38. The molecule has 3 atom stereocenters. The summed E-state index contributed by atoms with van der Waals surface area (Å²) in [6.07, 6.45) is 4.10. The third-order valence-electron chi connectivity index (χ3n) is 4.08. The van der Waals surface area contributed by atoms with E-state index < -0.39 is 0 Å². The maximum absolute atomic E-state index is 11.8. The Morgan fingerprint density at radius 2 is 2.13 bits per heavy atom. The fourth-order valence-electron chi connectivity index (χ4n) is 2.55. The minimum absolute atomic E-state index is 0.182. The van der Waals surface area contributed by atoms with Crippen LogP contribution in [0.5, 0.6) is 0 Å². The summed E-state index contributed by atoms with van der Waals surface area (Å²) in [5, 5.41) is 3.07. The van der Waals surface area contributed by atoms with Crippen LogP contribution in [-0.2, 0) is 4.79 Å². The molecule has 0 bridgehead atoms. The van der Waals surface area contributed by atoms with Crippen LogP contribution in [-0.4, -0.2) is 18.5 Å². The molecule has 2 aliphatic carbocycles. The molecule has 3 N–H and O–H groups in total. The molecule has 86 valence electrons. The molecule has 2 fully saturated rings. The van der Waals surface area contributed by atoms with Crippen LogP contribution in [0, 0.1) is 17.3 Å². The summed E-state index contributed by atoms with van der Waals surface area (Å²) in [6, 6.07) is 0.248.